The van der Waals surface area contributed by atoms with Crippen LogP contribution in [0.5, 0.6) is 0 Å². The van der Waals surface area contributed by atoms with Gasteiger partial charge in [0.25, 0.3) is 0 Å². The first-order chi connectivity index (χ1) is 5.99. The summed E-state index contributed by atoms with van der Waals surface area (Å²) in [6.45, 7) is 2.44. The van der Waals surface area contributed by atoms with E-state index in [4.69, 9.17) is 21.6 Å². The Hall–Kier alpha value is -1.30. The van der Waals surface area contributed by atoms with Crippen LogP contribution >= 0.6 is 0 Å². The number of hydrogen-bond acceptors (Lipinski definition) is 2. The minimum Gasteiger partial charge on any atom is -0.383 e. The van der Waals surface area contributed by atoms with Gasteiger partial charge in [0, 0.05) is 14.2 Å². The Kier molecular flexibility index (Phi) is 4.83. The number of aliphatic imine (C=N–C) groups is 1. The Bertz CT molecular complexity index is 199. The van der Waals surface area contributed by atoms with Gasteiger partial charge in [-0.25, -0.2) is 0 Å². The van der Waals surface area contributed by atoms with Crippen LogP contribution in [-0.4, -0.2) is 43.6 Å². The molecule has 0 rings (SSSR count). The van der Waals surface area contributed by atoms with E-state index in [1.165, 1.54) is 0 Å². The lowest BCUT2D eigenvalue weighted by Gasteiger charge is -2.23. The number of hydrogen-bond donors (Lipinski definition) is 3. The standard InChI is InChI=1S/C7H17N5O/c1-5(4-13-3)12(2)7(10)11-6(8)9/h5H,4H2,1-3H3,(H5,8,9,10,11). The van der Waals surface area contributed by atoms with Crippen molar-refractivity contribution in [2.24, 2.45) is 16.5 Å². The van der Waals surface area contributed by atoms with Gasteiger partial charge in [-0.3, -0.25) is 5.41 Å². The van der Waals surface area contributed by atoms with Crippen molar-refractivity contribution < 1.29 is 4.74 Å². The summed E-state index contributed by atoms with van der Waals surface area (Å²) < 4.78 is 4.93. The highest BCUT2D eigenvalue weighted by Crippen LogP contribution is 1.97. The van der Waals surface area contributed by atoms with Crippen LogP contribution in [0, 0.1) is 5.41 Å². The predicted octanol–water partition coefficient (Wildman–Crippen LogP) is -0.839. The molecule has 0 bridgehead atoms. The van der Waals surface area contributed by atoms with Gasteiger partial charge in [-0.05, 0) is 6.92 Å². The third-order valence-electron chi connectivity index (χ3n) is 1.64. The second kappa shape index (κ2) is 5.36. The van der Waals surface area contributed by atoms with Crippen LogP contribution in [0.25, 0.3) is 0 Å². The maximum atomic E-state index is 7.46. The highest BCUT2D eigenvalue weighted by Gasteiger charge is 2.11. The lowest BCUT2D eigenvalue weighted by Crippen LogP contribution is -2.38. The van der Waals surface area contributed by atoms with Gasteiger partial charge in [-0.15, -0.1) is 0 Å². The number of guanidine groups is 2. The topological polar surface area (TPSA) is 101 Å². The fourth-order valence-corrected chi connectivity index (χ4v) is 0.763. The zero-order valence-electron chi connectivity index (χ0n) is 8.24. The smallest absolute Gasteiger partial charge is 0.221 e. The molecule has 0 heterocycles. The predicted molar refractivity (Wildman–Crippen MR) is 52.6 cm³/mol. The number of nitrogens with zero attached hydrogens (tertiary/aromatic N) is 2. The van der Waals surface area contributed by atoms with Crippen molar-refractivity contribution in [3.05, 3.63) is 0 Å². The SMILES string of the molecule is COCC(C)N(C)C(=N)N=C(N)N. The minimum absolute atomic E-state index is 0.0320. The lowest BCUT2D eigenvalue weighted by atomic mass is 10.3. The van der Waals surface area contributed by atoms with Crippen LogP contribution in [0.1, 0.15) is 6.92 Å². The summed E-state index contributed by atoms with van der Waals surface area (Å²) in [6, 6.07) is 0.0700. The molecule has 1 unspecified atom stereocenters. The summed E-state index contributed by atoms with van der Waals surface area (Å²) in [5.74, 6) is -0.0778. The van der Waals surface area contributed by atoms with Crippen LogP contribution in [0.2, 0.25) is 0 Å². The van der Waals surface area contributed by atoms with Crippen molar-refractivity contribution >= 4 is 11.9 Å². The van der Waals surface area contributed by atoms with E-state index in [0.29, 0.717) is 6.61 Å². The number of rotatable bonds is 3. The summed E-state index contributed by atoms with van der Waals surface area (Å²) >= 11 is 0. The third-order valence-corrected chi connectivity index (χ3v) is 1.64. The van der Waals surface area contributed by atoms with E-state index < -0.39 is 0 Å². The van der Waals surface area contributed by atoms with E-state index in [-0.39, 0.29) is 18.0 Å². The van der Waals surface area contributed by atoms with Gasteiger partial charge in [-0.2, -0.15) is 4.99 Å². The van der Waals surface area contributed by atoms with Crippen LogP contribution in [0.3, 0.4) is 0 Å². The molecular formula is C7H17N5O. The normalized spacial score (nSPS) is 11.9. The minimum atomic E-state index is -0.110. The van der Waals surface area contributed by atoms with Gasteiger partial charge in [0.15, 0.2) is 5.96 Å². The highest BCUT2D eigenvalue weighted by molar-refractivity contribution is 5.91. The first kappa shape index (κ1) is 11.7. The number of nitrogens with one attached hydrogen (secondary N) is 1. The first-order valence-electron chi connectivity index (χ1n) is 3.89. The summed E-state index contributed by atoms with van der Waals surface area (Å²) in [5, 5.41) is 7.46. The lowest BCUT2D eigenvalue weighted by molar-refractivity contribution is 0.145. The van der Waals surface area contributed by atoms with E-state index in [1.54, 1.807) is 19.1 Å². The highest BCUT2D eigenvalue weighted by atomic mass is 16.5. The van der Waals surface area contributed by atoms with Crippen molar-refractivity contribution in [2.75, 3.05) is 20.8 Å². The molecule has 0 aromatic rings. The monoisotopic (exact) mass is 187 g/mol. The number of ether oxygens (including phenoxy) is 1. The van der Waals surface area contributed by atoms with E-state index in [1.807, 2.05) is 6.92 Å². The van der Waals surface area contributed by atoms with Crippen LogP contribution in [0.4, 0.5) is 0 Å². The molecule has 0 fully saturated rings. The van der Waals surface area contributed by atoms with Crippen molar-refractivity contribution in [2.45, 2.75) is 13.0 Å². The average molecular weight is 187 g/mol. The van der Waals surface area contributed by atoms with Gasteiger partial charge in [0.2, 0.25) is 5.96 Å². The van der Waals surface area contributed by atoms with Gasteiger partial charge in [0.05, 0.1) is 12.6 Å². The molecule has 0 aromatic heterocycles. The molecule has 0 saturated heterocycles. The Labute approximate surface area is 78.1 Å². The summed E-state index contributed by atoms with van der Waals surface area (Å²) in [6.07, 6.45) is 0. The Morgan fingerprint density at radius 2 is 2.15 bits per heavy atom. The van der Waals surface area contributed by atoms with Gasteiger partial charge in [0.1, 0.15) is 0 Å². The second-order valence-electron chi connectivity index (χ2n) is 2.78. The Balaban J connectivity index is 4.17. The molecule has 0 aliphatic rings. The van der Waals surface area contributed by atoms with Gasteiger partial charge in [-0.1, -0.05) is 0 Å². The molecule has 6 nitrogen and oxygen atoms in total. The summed E-state index contributed by atoms with van der Waals surface area (Å²) in [7, 11) is 3.34. The maximum Gasteiger partial charge on any atom is 0.221 e. The van der Waals surface area contributed by atoms with Crippen molar-refractivity contribution in [1.82, 2.24) is 4.90 Å². The number of likely N-dealkylation sites (N-methyl/N-ethyl adjacent to an activating group) is 1. The van der Waals surface area contributed by atoms with E-state index in [0.717, 1.165) is 0 Å². The molecule has 0 aliphatic heterocycles. The zero-order valence-corrected chi connectivity index (χ0v) is 8.24. The molecule has 6 heteroatoms. The van der Waals surface area contributed by atoms with Gasteiger partial charge < -0.3 is 21.1 Å². The number of methoxy groups -OCH3 is 1. The molecule has 1 atom stereocenters. The quantitative estimate of drug-likeness (QED) is 0.396. The molecule has 13 heavy (non-hydrogen) atoms. The van der Waals surface area contributed by atoms with Crippen molar-refractivity contribution in [3.63, 3.8) is 0 Å². The Morgan fingerprint density at radius 1 is 1.62 bits per heavy atom. The van der Waals surface area contributed by atoms with E-state index >= 15 is 0 Å². The van der Waals surface area contributed by atoms with E-state index in [2.05, 4.69) is 4.99 Å². The largest absolute Gasteiger partial charge is 0.383 e. The molecular weight excluding hydrogens is 170 g/mol. The van der Waals surface area contributed by atoms with Crippen molar-refractivity contribution in [1.29, 1.82) is 5.41 Å². The van der Waals surface area contributed by atoms with E-state index in [9.17, 15) is 0 Å². The van der Waals surface area contributed by atoms with Crippen LogP contribution < -0.4 is 11.5 Å². The summed E-state index contributed by atoms with van der Waals surface area (Å²) in [5.41, 5.74) is 10.3. The molecule has 0 spiro atoms. The molecule has 76 valence electrons. The maximum absolute atomic E-state index is 7.46. The number of nitrogens with two attached hydrogens (primary N) is 2. The molecule has 5 N–H and O–H groups in total. The fourth-order valence-electron chi connectivity index (χ4n) is 0.763. The van der Waals surface area contributed by atoms with Crippen LogP contribution in [0.15, 0.2) is 4.99 Å². The fraction of sp³-hybridized carbons (Fsp3) is 0.714. The van der Waals surface area contributed by atoms with Gasteiger partial charge >= 0.3 is 0 Å². The first-order valence-corrected chi connectivity index (χ1v) is 3.89. The third kappa shape index (κ3) is 4.32. The second-order valence-corrected chi connectivity index (χ2v) is 2.78. The molecule has 0 aliphatic carbocycles. The molecule has 0 radical (unpaired) electrons. The average Bonchev–Trinajstić information content (AvgIpc) is 2.02. The zero-order chi connectivity index (χ0) is 10.4. The molecule has 0 aromatic carbocycles. The Morgan fingerprint density at radius 3 is 2.54 bits per heavy atom. The van der Waals surface area contributed by atoms with Crippen molar-refractivity contribution in [3.8, 4) is 0 Å². The van der Waals surface area contributed by atoms with Crippen LogP contribution in [-0.2, 0) is 4.74 Å². The molecule has 0 amide bonds. The molecule has 0 saturated carbocycles. The summed E-state index contributed by atoms with van der Waals surface area (Å²) in [4.78, 5) is 5.23.